The average Bonchev–Trinajstić information content (AvgIpc) is 2.95. The first kappa shape index (κ1) is 15.3. The molecule has 0 amide bonds. The Bertz CT molecular complexity index is 554. The van der Waals surface area contributed by atoms with E-state index < -0.39 is 0 Å². The maximum absolute atomic E-state index is 6.22. The molecule has 108 valence electrons. The van der Waals surface area contributed by atoms with Gasteiger partial charge in [-0.2, -0.15) is 0 Å². The molecule has 2 heterocycles. The number of rotatable bonds is 6. The second-order valence-electron chi connectivity index (χ2n) is 4.77. The summed E-state index contributed by atoms with van der Waals surface area (Å²) in [5, 5.41) is 6.16. The van der Waals surface area contributed by atoms with Crippen molar-refractivity contribution in [3.05, 3.63) is 38.9 Å². The van der Waals surface area contributed by atoms with Crippen molar-refractivity contribution < 1.29 is 0 Å². The predicted molar refractivity (Wildman–Crippen MR) is 86.7 cm³/mol. The Hall–Kier alpha value is -1.13. The minimum absolute atomic E-state index is 0.272. The van der Waals surface area contributed by atoms with Gasteiger partial charge in [0.2, 0.25) is 0 Å². The Morgan fingerprint density at radius 2 is 2.15 bits per heavy atom. The number of nitrogens with zero attached hydrogens (tertiary/aromatic N) is 2. The summed E-state index contributed by atoms with van der Waals surface area (Å²) in [7, 11) is 0. The molecule has 0 fully saturated rings. The van der Waals surface area contributed by atoms with Gasteiger partial charge in [-0.3, -0.25) is 0 Å². The standard InChI is InChI=1S/C15H20ClN3S/c1-4-7-13-18-14(16)10(3)15(19-13)17-11(5-2)12-8-6-9-20-12/h6,8-9,11H,4-5,7H2,1-3H3,(H,17,18,19). The molecule has 0 aliphatic carbocycles. The van der Waals surface area contributed by atoms with Crippen LogP contribution < -0.4 is 5.32 Å². The molecule has 0 aromatic carbocycles. The van der Waals surface area contributed by atoms with Crippen molar-refractivity contribution >= 4 is 28.8 Å². The highest BCUT2D eigenvalue weighted by atomic mass is 35.5. The molecule has 0 saturated heterocycles. The van der Waals surface area contributed by atoms with Gasteiger partial charge in [-0.05, 0) is 31.2 Å². The second-order valence-corrected chi connectivity index (χ2v) is 6.11. The van der Waals surface area contributed by atoms with Crippen molar-refractivity contribution in [1.82, 2.24) is 9.97 Å². The molecular formula is C15H20ClN3S. The Kier molecular flexibility index (Phi) is 5.38. The lowest BCUT2D eigenvalue weighted by atomic mass is 10.2. The number of thiophene rings is 1. The number of hydrogen-bond donors (Lipinski definition) is 1. The fraction of sp³-hybridized carbons (Fsp3) is 0.467. The smallest absolute Gasteiger partial charge is 0.137 e. The summed E-state index contributed by atoms with van der Waals surface area (Å²) in [6, 6.07) is 4.50. The molecule has 2 aromatic heterocycles. The van der Waals surface area contributed by atoms with E-state index in [4.69, 9.17) is 11.6 Å². The Balaban J connectivity index is 2.27. The summed E-state index contributed by atoms with van der Waals surface area (Å²) in [6.07, 6.45) is 2.87. The number of halogens is 1. The fourth-order valence-corrected chi connectivity index (χ4v) is 3.09. The van der Waals surface area contributed by atoms with Gasteiger partial charge < -0.3 is 5.32 Å². The molecule has 5 heteroatoms. The van der Waals surface area contributed by atoms with Crippen LogP contribution in [-0.2, 0) is 6.42 Å². The van der Waals surface area contributed by atoms with E-state index in [1.54, 1.807) is 11.3 Å². The number of hydrogen-bond acceptors (Lipinski definition) is 4. The third-order valence-electron chi connectivity index (χ3n) is 3.21. The molecule has 0 bridgehead atoms. The molecule has 20 heavy (non-hydrogen) atoms. The summed E-state index contributed by atoms with van der Waals surface area (Å²) in [5.41, 5.74) is 0.918. The van der Waals surface area contributed by atoms with E-state index in [0.717, 1.165) is 36.5 Å². The van der Waals surface area contributed by atoms with Crippen LogP contribution in [0.25, 0.3) is 0 Å². The highest BCUT2D eigenvalue weighted by Gasteiger charge is 2.15. The second kappa shape index (κ2) is 7.04. The Morgan fingerprint density at radius 1 is 1.35 bits per heavy atom. The van der Waals surface area contributed by atoms with Crippen molar-refractivity contribution in [2.24, 2.45) is 0 Å². The van der Waals surface area contributed by atoms with Gasteiger partial charge in [-0.15, -0.1) is 11.3 Å². The quantitative estimate of drug-likeness (QED) is 0.762. The normalized spacial score (nSPS) is 12.4. The van der Waals surface area contributed by atoms with Crippen LogP contribution in [0.15, 0.2) is 17.5 Å². The van der Waals surface area contributed by atoms with Gasteiger partial charge in [0.25, 0.3) is 0 Å². The molecule has 0 radical (unpaired) electrons. The van der Waals surface area contributed by atoms with Gasteiger partial charge in [-0.25, -0.2) is 9.97 Å². The summed E-state index contributed by atoms with van der Waals surface area (Å²) in [6.45, 7) is 6.24. The molecule has 1 atom stereocenters. The van der Waals surface area contributed by atoms with Crippen LogP contribution in [0.3, 0.4) is 0 Å². The minimum atomic E-state index is 0.272. The van der Waals surface area contributed by atoms with Gasteiger partial charge in [0, 0.05) is 16.9 Å². The first-order valence-corrected chi connectivity index (χ1v) is 8.24. The largest absolute Gasteiger partial charge is 0.362 e. The van der Waals surface area contributed by atoms with Crippen molar-refractivity contribution in [3.63, 3.8) is 0 Å². The number of aryl methyl sites for hydroxylation is 1. The van der Waals surface area contributed by atoms with Crippen LogP contribution in [0.5, 0.6) is 0 Å². The molecule has 2 aromatic rings. The van der Waals surface area contributed by atoms with E-state index in [0.29, 0.717) is 5.15 Å². The first-order valence-electron chi connectivity index (χ1n) is 6.98. The SMILES string of the molecule is CCCc1nc(Cl)c(C)c(NC(CC)c2cccs2)n1. The maximum atomic E-state index is 6.22. The van der Waals surface area contributed by atoms with Crippen LogP contribution in [-0.4, -0.2) is 9.97 Å². The zero-order valence-corrected chi connectivity index (χ0v) is 13.7. The lowest BCUT2D eigenvalue weighted by Gasteiger charge is -2.18. The third kappa shape index (κ3) is 3.49. The van der Waals surface area contributed by atoms with Gasteiger partial charge in [0.05, 0.1) is 6.04 Å². The van der Waals surface area contributed by atoms with Crippen LogP contribution in [0.2, 0.25) is 5.15 Å². The lowest BCUT2D eigenvalue weighted by Crippen LogP contribution is -2.12. The van der Waals surface area contributed by atoms with Gasteiger partial charge in [-0.1, -0.05) is 31.5 Å². The van der Waals surface area contributed by atoms with Gasteiger partial charge >= 0.3 is 0 Å². The predicted octanol–water partition coefficient (Wildman–Crippen LogP) is 5.02. The monoisotopic (exact) mass is 309 g/mol. The van der Waals surface area contributed by atoms with Crippen LogP contribution >= 0.6 is 22.9 Å². The van der Waals surface area contributed by atoms with Crippen LogP contribution in [0.4, 0.5) is 5.82 Å². The summed E-state index contributed by atoms with van der Waals surface area (Å²) < 4.78 is 0. The summed E-state index contributed by atoms with van der Waals surface area (Å²) >= 11 is 7.98. The zero-order valence-electron chi connectivity index (χ0n) is 12.1. The number of nitrogens with one attached hydrogen (secondary N) is 1. The van der Waals surface area contributed by atoms with E-state index in [1.807, 2.05) is 6.92 Å². The van der Waals surface area contributed by atoms with Crippen molar-refractivity contribution in [2.45, 2.75) is 46.1 Å². The molecule has 3 nitrogen and oxygen atoms in total. The minimum Gasteiger partial charge on any atom is -0.362 e. The first-order chi connectivity index (χ1) is 9.65. The van der Waals surface area contributed by atoms with Crippen molar-refractivity contribution in [1.29, 1.82) is 0 Å². The van der Waals surface area contributed by atoms with Crippen LogP contribution in [0, 0.1) is 6.92 Å². The van der Waals surface area contributed by atoms with E-state index in [-0.39, 0.29) is 6.04 Å². The lowest BCUT2D eigenvalue weighted by molar-refractivity contribution is 0.749. The van der Waals surface area contributed by atoms with E-state index in [2.05, 4.69) is 46.6 Å². The zero-order chi connectivity index (χ0) is 14.5. The maximum Gasteiger partial charge on any atom is 0.137 e. The topological polar surface area (TPSA) is 37.8 Å². The van der Waals surface area contributed by atoms with Crippen LogP contribution in [0.1, 0.15) is 49.0 Å². The highest BCUT2D eigenvalue weighted by molar-refractivity contribution is 7.10. The van der Waals surface area contributed by atoms with Crippen molar-refractivity contribution in [2.75, 3.05) is 5.32 Å². The molecule has 0 aliphatic heterocycles. The molecule has 1 unspecified atom stereocenters. The van der Waals surface area contributed by atoms with Gasteiger partial charge in [0.1, 0.15) is 16.8 Å². The number of aromatic nitrogens is 2. The molecule has 1 N–H and O–H groups in total. The van der Waals surface area contributed by atoms with E-state index >= 15 is 0 Å². The molecule has 2 rings (SSSR count). The average molecular weight is 310 g/mol. The van der Waals surface area contributed by atoms with Crippen molar-refractivity contribution in [3.8, 4) is 0 Å². The fourth-order valence-electron chi connectivity index (χ4n) is 2.04. The van der Waals surface area contributed by atoms with Gasteiger partial charge in [0.15, 0.2) is 0 Å². The third-order valence-corrected chi connectivity index (χ3v) is 4.57. The number of anilines is 1. The summed E-state index contributed by atoms with van der Waals surface area (Å²) in [4.78, 5) is 10.3. The molecule has 0 aliphatic rings. The summed E-state index contributed by atoms with van der Waals surface area (Å²) in [5.74, 6) is 1.67. The van der Waals surface area contributed by atoms with E-state index in [1.165, 1.54) is 4.88 Å². The highest BCUT2D eigenvalue weighted by Crippen LogP contribution is 2.28. The Morgan fingerprint density at radius 3 is 2.75 bits per heavy atom. The molecular weight excluding hydrogens is 290 g/mol. The molecule has 0 spiro atoms. The Labute approximate surface area is 129 Å². The molecule has 0 saturated carbocycles. The van der Waals surface area contributed by atoms with E-state index in [9.17, 15) is 0 Å².